The van der Waals surface area contributed by atoms with E-state index in [1.54, 1.807) is 6.20 Å². The van der Waals surface area contributed by atoms with Gasteiger partial charge in [-0.1, -0.05) is 72.8 Å². The molecule has 4 rings (SSSR count). The van der Waals surface area contributed by atoms with E-state index in [9.17, 15) is 4.79 Å². The number of likely N-dealkylation sites (tertiary alicyclic amines) is 1. The average Bonchev–Trinajstić information content (AvgIpc) is 2.90. The molecular weight excluding hydrogens is 456 g/mol. The lowest BCUT2D eigenvalue weighted by Crippen LogP contribution is -2.34. The van der Waals surface area contributed by atoms with Crippen molar-refractivity contribution in [2.75, 3.05) is 13.1 Å². The number of nitrogens with one attached hydrogen (secondary N) is 1. The van der Waals surface area contributed by atoms with Crippen molar-refractivity contribution in [3.05, 3.63) is 112 Å². The van der Waals surface area contributed by atoms with E-state index in [1.807, 2.05) is 12.1 Å². The van der Waals surface area contributed by atoms with Crippen LogP contribution in [0.1, 0.15) is 35.1 Å². The van der Waals surface area contributed by atoms with Gasteiger partial charge in [-0.15, -0.1) is 0 Å². The minimum Gasteiger partial charge on any atom is -0.473 e. The lowest BCUT2D eigenvalue weighted by molar-refractivity contribution is -0.159. The zero-order valence-corrected chi connectivity index (χ0v) is 20.2. The van der Waals surface area contributed by atoms with Crippen molar-refractivity contribution in [3.63, 3.8) is 0 Å². The number of nitrogens with zero attached hydrogens (tertiary/aromatic N) is 1. The van der Waals surface area contributed by atoms with Crippen LogP contribution in [0, 0.1) is 5.92 Å². The van der Waals surface area contributed by atoms with Crippen LogP contribution < -0.4 is 5.56 Å². The lowest BCUT2D eigenvalue weighted by atomic mass is 9.94. The molecule has 1 aliphatic rings. The smallest absolute Gasteiger partial charge is 0.414 e. The number of carbonyl (C=O) groups is 2. The third kappa shape index (κ3) is 8.67. The number of aromatic nitrogens is 1. The highest BCUT2D eigenvalue weighted by molar-refractivity contribution is 6.27. The number of H-pyrrole nitrogens is 1. The van der Waals surface area contributed by atoms with Gasteiger partial charge in [0.05, 0.1) is 0 Å². The van der Waals surface area contributed by atoms with Crippen LogP contribution in [0.4, 0.5) is 0 Å². The van der Waals surface area contributed by atoms with Crippen LogP contribution in [0.15, 0.2) is 83.8 Å². The highest BCUT2D eigenvalue weighted by atomic mass is 16.4. The first-order valence-electron chi connectivity index (χ1n) is 12.1. The molecule has 0 bridgehead atoms. The number of allylic oxidation sites excluding steroid dienone is 1. The normalized spacial score (nSPS) is 14.2. The van der Waals surface area contributed by atoms with Crippen molar-refractivity contribution in [1.82, 2.24) is 9.88 Å². The summed E-state index contributed by atoms with van der Waals surface area (Å²) in [5, 5.41) is 14.8. The van der Waals surface area contributed by atoms with E-state index in [1.165, 1.54) is 16.7 Å². The van der Waals surface area contributed by atoms with Crippen molar-refractivity contribution < 1.29 is 19.8 Å². The summed E-state index contributed by atoms with van der Waals surface area (Å²) < 4.78 is 0. The molecule has 0 aliphatic carbocycles. The Kier molecular flexibility index (Phi) is 10.2. The molecule has 36 heavy (non-hydrogen) atoms. The van der Waals surface area contributed by atoms with Gasteiger partial charge in [-0.25, -0.2) is 9.59 Å². The van der Waals surface area contributed by atoms with Crippen LogP contribution in [0.25, 0.3) is 6.08 Å². The van der Waals surface area contributed by atoms with Gasteiger partial charge in [0.2, 0.25) is 0 Å². The van der Waals surface area contributed by atoms with Gasteiger partial charge in [0.1, 0.15) is 0 Å². The van der Waals surface area contributed by atoms with Crippen molar-refractivity contribution in [1.29, 1.82) is 0 Å². The quantitative estimate of drug-likeness (QED) is 0.429. The molecule has 3 N–H and O–H groups in total. The number of aromatic amines is 1. The van der Waals surface area contributed by atoms with Crippen LogP contribution in [-0.4, -0.2) is 45.1 Å². The summed E-state index contributed by atoms with van der Waals surface area (Å²) in [6, 6.07) is 23.3. The molecular formula is C29H32N2O5. The van der Waals surface area contributed by atoms with Gasteiger partial charge in [-0.3, -0.25) is 9.69 Å². The second kappa shape index (κ2) is 13.8. The number of rotatable bonds is 7. The molecule has 1 fully saturated rings. The van der Waals surface area contributed by atoms with Crippen molar-refractivity contribution in [3.8, 4) is 0 Å². The number of aliphatic carboxylic acids is 2. The third-order valence-electron chi connectivity index (χ3n) is 6.24. The number of hydrogen-bond donors (Lipinski definition) is 3. The maximum atomic E-state index is 11.9. The molecule has 1 saturated heterocycles. The van der Waals surface area contributed by atoms with Gasteiger partial charge < -0.3 is 15.2 Å². The fraction of sp³-hybridized carbons (Fsp3) is 0.276. The van der Waals surface area contributed by atoms with E-state index in [0.717, 1.165) is 50.9 Å². The number of carboxylic acids is 2. The second-order valence-corrected chi connectivity index (χ2v) is 8.79. The van der Waals surface area contributed by atoms with Crippen molar-refractivity contribution in [2.24, 2.45) is 5.92 Å². The Bertz CT molecular complexity index is 1200. The number of piperidine rings is 1. The average molecular weight is 489 g/mol. The Labute approximate surface area is 210 Å². The first kappa shape index (κ1) is 26.6. The number of pyridine rings is 1. The topological polar surface area (TPSA) is 111 Å². The number of aryl methyl sites for hydroxylation is 2. The molecule has 0 radical (unpaired) electrons. The molecule has 1 aromatic heterocycles. The van der Waals surface area contributed by atoms with E-state index in [0.29, 0.717) is 5.92 Å². The standard InChI is InChI=1S/C27H30N2O.C2H2O4/c30-27-26(11-6-18-28-27)21-29-19-16-23(17-20-29)13-15-25-10-5-4-9-24(25)14-12-22-7-2-1-3-8-22;3-1(4)2(5)6/h1-11,13,15,18,23H,12,14,16-17,19-21H2,(H,28,30);(H,3,4)(H,5,6). The Morgan fingerprint density at radius 1 is 0.861 bits per heavy atom. The van der Waals surface area contributed by atoms with Gasteiger partial charge >= 0.3 is 11.9 Å². The maximum Gasteiger partial charge on any atom is 0.414 e. The highest BCUT2D eigenvalue weighted by Crippen LogP contribution is 2.22. The predicted molar refractivity (Wildman–Crippen MR) is 140 cm³/mol. The van der Waals surface area contributed by atoms with Crippen LogP contribution in [0.2, 0.25) is 0 Å². The fourth-order valence-electron chi connectivity index (χ4n) is 4.21. The molecule has 3 aromatic rings. The second-order valence-electron chi connectivity index (χ2n) is 8.79. The van der Waals surface area contributed by atoms with Crippen LogP contribution in [0.3, 0.4) is 0 Å². The van der Waals surface area contributed by atoms with E-state index >= 15 is 0 Å². The molecule has 0 unspecified atom stereocenters. The van der Waals surface area contributed by atoms with Gasteiger partial charge in [-0.05, 0) is 67.4 Å². The summed E-state index contributed by atoms with van der Waals surface area (Å²) in [7, 11) is 0. The number of benzene rings is 2. The predicted octanol–water partition coefficient (Wildman–Crippen LogP) is 4.24. The van der Waals surface area contributed by atoms with E-state index in [2.05, 4.69) is 76.6 Å². The summed E-state index contributed by atoms with van der Waals surface area (Å²) in [4.78, 5) is 35.3. The molecule has 7 heteroatoms. The summed E-state index contributed by atoms with van der Waals surface area (Å²) in [6.07, 6.45) is 10.8. The first-order chi connectivity index (χ1) is 17.4. The van der Waals surface area contributed by atoms with E-state index in [4.69, 9.17) is 19.8 Å². The largest absolute Gasteiger partial charge is 0.473 e. The highest BCUT2D eigenvalue weighted by Gasteiger charge is 2.18. The summed E-state index contributed by atoms with van der Waals surface area (Å²) in [5.41, 5.74) is 5.04. The Hall–Kier alpha value is -3.97. The minimum atomic E-state index is -1.82. The molecule has 0 amide bonds. The Balaban J connectivity index is 0.000000538. The van der Waals surface area contributed by atoms with Gasteiger partial charge in [0, 0.05) is 18.3 Å². The molecule has 0 atom stereocenters. The SMILES string of the molecule is O=C(O)C(=O)O.O=c1[nH]cccc1CN1CCC(C=Cc2ccccc2CCc2ccccc2)CC1. The van der Waals surface area contributed by atoms with E-state index < -0.39 is 11.9 Å². The summed E-state index contributed by atoms with van der Waals surface area (Å²) in [5.74, 6) is -3.04. The molecule has 7 nitrogen and oxygen atoms in total. The van der Waals surface area contributed by atoms with Crippen LogP contribution >= 0.6 is 0 Å². The molecule has 1 aliphatic heterocycles. The van der Waals surface area contributed by atoms with Crippen molar-refractivity contribution >= 4 is 18.0 Å². The zero-order valence-electron chi connectivity index (χ0n) is 20.2. The summed E-state index contributed by atoms with van der Waals surface area (Å²) >= 11 is 0. The van der Waals surface area contributed by atoms with Crippen molar-refractivity contribution in [2.45, 2.75) is 32.2 Å². The first-order valence-corrected chi connectivity index (χ1v) is 12.1. The lowest BCUT2D eigenvalue weighted by Gasteiger charge is -2.30. The molecule has 188 valence electrons. The van der Waals surface area contributed by atoms with E-state index in [-0.39, 0.29) is 5.56 Å². The molecule has 2 heterocycles. The van der Waals surface area contributed by atoms with Gasteiger partial charge in [0.15, 0.2) is 0 Å². The maximum absolute atomic E-state index is 11.9. The molecule has 0 saturated carbocycles. The summed E-state index contributed by atoms with van der Waals surface area (Å²) in [6.45, 7) is 2.83. The minimum absolute atomic E-state index is 0.0339. The Morgan fingerprint density at radius 2 is 1.50 bits per heavy atom. The third-order valence-corrected chi connectivity index (χ3v) is 6.24. The zero-order chi connectivity index (χ0) is 25.8. The molecule has 0 spiro atoms. The number of hydrogen-bond acceptors (Lipinski definition) is 4. The molecule has 2 aromatic carbocycles. The van der Waals surface area contributed by atoms with Crippen LogP contribution in [0.5, 0.6) is 0 Å². The fourth-order valence-corrected chi connectivity index (χ4v) is 4.21. The number of carboxylic acid groups (broad SMARTS) is 2. The van der Waals surface area contributed by atoms with Crippen LogP contribution in [-0.2, 0) is 29.0 Å². The monoisotopic (exact) mass is 488 g/mol. The van der Waals surface area contributed by atoms with Gasteiger partial charge in [-0.2, -0.15) is 0 Å². The van der Waals surface area contributed by atoms with Gasteiger partial charge in [0.25, 0.3) is 5.56 Å². The Morgan fingerprint density at radius 3 is 2.17 bits per heavy atom.